The molecule has 1 unspecified atom stereocenters. The van der Waals surface area contributed by atoms with Gasteiger partial charge < -0.3 is 14.5 Å². The Labute approximate surface area is 128 Å². The first-order valence-electron chi connectivity index (χ1n) is 7.36. The number of nitrogens with zero attached hydrogens (tertiary/aromatic N) is 3. The Balaban J connectivity index is 1.76. The highest BCUT2D eigenvalue weighted by atomic mass is 16.5. The second-order valence-electron chi connectivity index (χ2n) is 5.47. The molecule has 114 valence electrons. The lowest BCUT2D eigenvalue weighted by atomic mass is 10.1. The third kappa shape index (κ3) is 2.68. The van der Waals surface area contributed by atoms with Gasteiger partial charge in [-0.2, -0.15) is 5.26 Å². The van der Waals surface area contributed by atoms with Crippen LogP contribution in [0, 0.1) is 17.2 Å². The number of para-hydroxylation sites is 1. The van der Waals surface area contributed by atoms with Crippen LogP contribution in [0.2, 0.25) is 0 Å². The van der Waals surface area contributed by atoms with Crippen LogP contribution < -0.4 is 4.90 Å². The molecule has 2 amide bonds. The summed E-state index contributed by atoms with van der Waals surface area (Å²) in [5.41, 5.74) is 1.04. The van der Waals surface area contributed by atoms with Crippen LogP contribution in [-0.2, 0) is 14.3 Å². The van der Waals surface area contributed by atoms with Gasteiger partial charge in [0, 0.05) is 26.1 Å². The maximum absolute atomic E-state index is 12.5. The second kappa shape index (κ2) is 6.16. The fourth-order valence-electron chi connectivity index (χ4n) is 2.95. The van der Waals surface area contributed by atoms with Crippen molar-refractivity contribution in [3.8, 4) is 6.07 Å². The number of nitriles is 1. The Morgan fingerprint density at radius 2 is 2.00 bits per heavy atom. The van der Waals surface area contributed by atoms with Crippen LogP contribution in [0.25, 0.3) is 0 Å². The van der Waals surface area contributed by atoms with E-state index in [0.717, 1.165) is 0 Å². The monoisotopic (exact) mass is 299 g/mol. The van der Waals surface area contributed by atoms with Crippen molar-refractivity contribution in [3.05, 3.63) is 29.8 Å². The van der Waals surface area contributed by atoms with E-state index in [1.807, 2.05) is 0 Å². The number of anilines is 1. The smallest absolute Gasteiger partial charge is 0.228 e. The minimum Gasteiger partial charge on any atom is -0.378 e. The number of carbonyl (C=O) groups excluding carboxylic acids is 2. The predicted octanol–water partition coefficient (Wildman–Crippen LogP) is 0.770. The average Bonchev–Trinajstić information content (AvgIpc) is 2.96. The number of benzene rings is 1. The summed E-state index contributed by atoms with van der Waals surface area (Å²) in [7, 11) is 0. The molecule has 0 aromatic heterocycles. The summed E-state index contributed by atoms with van der Waals surface area (Å²) in [6, 6.07) is 9.08. The van der Waals surface area contributed by atoms with Crippen molar-refractivity contribution in [1.29, 1.82) is 5.26 Å². The number of ether oxygens (including phenoxy) is 1. The van der Waals surface area contributed by atoms with E-state index in [0.29, 0.717) is 44.1 Å². The minimum atomic E-state index is -0.336. The van der Waals surface area contributed by atoms with Gasteiger partial charge in [-0.1, -0.05) is 12.1 Å². The van der Waals surface area contributed by atoms with E-state index in [1.165, 1.54) is 0 Å². The van der Waals surface area contributed by atoms with Crippen molar-refractivity contribution in [2.24, 2.45) is 5.92 Å². The normalized spacial score (nSPS) is 21.8. The lowest BCUT2D eigenvalue weighted by Gasteiger charge is -2.29. The molecule has 6 heteroatoms. The number of hydrogen-bond acceptors (Lipinski definition) is 4. The molecule has 0 bridgehead atoms. The molecule has 1 aromatic carbocycles. The van der Waals surface area contributed by atoms with E-state index >= 15 is 0 Å². The SMILES string of the molecule is N#Cc1ccccc1N1CC(C(=O)N2CCOCC2)CC1=O. The fraction of sp³-hybridized carbons (Fsp3) is 0.438. The summed E-state index contributed by atoms with van der Waals surface area (Å²) in [6.07, 6.45) is 0.204. The van der Waals surface area contributed by atoms with Crippen molar-refractivity contribution >= 4 is 17.5 Å². The van der Waals surface area contributed by atoms with Crippen LogP contribution in [0.1, 0.15) is 12.0 Å². The average molecular weight is 299 g/mol. The lowest BCUT2D eigenvalue weighted by molar-refractivity contribution is -0.139. The summed E-state index contributed by atoms with van der Waals surface area (Å²) >= 11 is 0. The molecule has 6 nitrogen and oxygen atoms in total. The van der Waals surface area contributed by atoms with E-state index in [-0.39, 0.29) is 24.2 Å². The highest BCUT2D eigenvalue weighted by molar-refractivity contribution is 6.01. The molecule has 2 fully saturated rings. The largest absolute Gasteiger partial charge is 0.378 e. The van der Waals surface area contributed by atoms with Crippen LogP contribution in [0.3, 0.4) is 0 Å². The summed E-state index contributed by atoms with van der Waals surface area (Å²) in [4.78, 5) is 28.1. The van der Waals surface area contributed by atoms with E-state index in [1.54, 1.807) is 34.1 Å². The van der Waals surface area contributed by atoms with Crippen LogP contribution in [0.4, 0.5) is 5.69 Å². The zero-order valence-corrected chi connectivity index (χ0v) is 12.2. The molecule has 0 spiro atoms. The third-order valence-electron chi connectivity index (χ3n) is 4.11. The van der Waals surface area contributed by atoms with Gasteiger partial charge in [-0.15, -0.1) is 0 Å². The predicted molar refractivity (Wildman–Crippen MR) is 79.0 cm³/mol. The molecule has 0 aliphatic carbocycles. The Morgan fingerprint density at radius 3 is 2.73 bits per heavy atom. The second-order valence-corrected chi connectivity index (χ2v) is 5.47. The number of carbonyl (C=O) groups is 2. The standard InChI is InChI=1S/C16H17N3O3/c17-10-12-3-1-2-4-14(12)19-11-13(9-15(19)20)16(21)18-5-7-22-8-6-18/h1-4,13H,5-9,11H2. The molecule has 0 saturated carbocycles. The van der Waals surface area contributed by atoms with Gasteiger partial charge in [-0.05, 0) is 12.1 Å². The zero-order chi connectivity index (χ0) is 15.5. The molecular formula is C16H17N3O3. The van der Waals surface area contributed by atoms with Gasteiger partial charge in [0.25, 0.3) is 0 Å². The maximum Gasteiger partial charge on any atom is 0.228 e. The Hall–Kier alpha value is -2.39. The molecular weight excluding hydrogens is 282 g/mol. The van der Waals surface area contributed by atoms with Gasteiger partial charge in [-0.25, -0.2) is 0 Å². The van der Waals surface area contributed by atoms with E-state index < -0.39 is 0 Å². The Bertz CT molecular complexity index is 632. The van der Waals surface area contributed by atoms with Crippen LogP contribution in [-0.4, -0.2) is 49.6 Å². The van der Waals surface area contributed by atoms with Gasteiger partial charge >= 0.3 is 0 Å². The van der Waals surface area contributed by atoms with Gasteiger partial charge in [0.1, 0.15) is 6.07 Å². The minimum absolute atomic E-state index is 0.00795. The van der Waals surface area contributed by atoms with E-state index in [4.69, 9.17) is 10.00 Å². The molecule has 0 N–H and O–H groups in total. The van der Waals surface area contributed by atoms with Gasteiger partial charge in [0.15, 0.2) is 0 Å². The highest BCUT2D eigenvalue weighted by Crippen LogP contribution is 2.28. The molecule has 0 radical (unpaired) electrons. The molecule has 2 aliphatic heterocycles. The lowest BCUT2D eigenvalue weighted by Crippen LogP contribution is -2.44. The van der Waals surface area contributed by atoms with E-state index in [2.05, 4.69) is 6.07 Å². The third-order valence-corrected chi connectivity index (χ3v) is 4.11. The van der Waals surface area contributed by atoms with Gasteiger partial charge in [-0.3, -0.25) is 9.59 Å². The summed E-state index contributed by atoms with van der Waals surface area (Å²) < 4.78 is 5.25. The number of rotatable bonds is 2. The van der Waals surface area contributed by atoms with Gasteiger partial charge in [0.05, 0.1) is 30.4 Å². The molecule has 2 saturated heterocycles. The first-order chi connectivity index (χ1) is 10.7. The Morgan fingerprint density at radius 1 is 1.27 bits per heavy atom. The summed E-state index contributed by atoms with van der Waals surface area (Å²) in [6.45, 7) is 2.60. The first kappa shape index (κ1) is 14.5. The van der Waals surface area contributed by atoms with Crippen molar-refractivity contribution in [2.75, 3.05) is 37.7 Å². The van der Waals surface area contributed by atoms with Crippen LogP contribution in [0.15, 0.2) is 24.3 Å². The van der Waals surface area contributed by atoms with Crippen LogP contribution >= 0.6 is 0 Å². The molecule has 1 aromatic rings. The fourth-order valence-corrected chi connectivity index (χ4v) is 2.95. The zero-order valence-electron chi connectivity index (χ0n) is 12.2. The maximum atomic E-state index is 12.5. The molecule has 1 atom stereocenters. The molecule has 3 rings (SSSR count). The molecule has 22 heavy (non-hydrogen) atoms. The van der Waals surface area contributed by atoms with Crippen molar-refractivity contribution < 1.29 is 14.3 Å². The first-order valence-corrected chi connectivity index (χ1v) is 7.36. The van der Waals surface area contributed by atoms with Crippen molar-refractivity contribution in [3.63, 3.8) is 0 Å². The number of hydrogen-bond donors (Lipinski definition) is 0. The van der Waals surface area contributed by atoms with Gasteiger partial charge in [0.2, 0.25) is 11.8 Å². The summed E-state index contributed by atoms with van der Waals surface area (Å²) in [5, 5.41) is 9.17. The highest BCUT2D eigenvalue weighted by Gasteiger charge is 2.38. The van der Waals surface area contributed by atoms with Crippen molar-refractivity contribution in [2.45, 2.75) is 6.42 Å². The molecule has 2 aliphatic rings. The van der Waals surface area contributed by atoms with E-state index in [9.17, 15) is 9.59 Å². The Kier molecular flexibility index (Phi) is 4.07. The quantitative estimate of drug-likeness (QED) is 0.808. The van der Waals surface area contributed by atoms with Crippen LogP contribution in [0.5, 0.6) is 0 Å². The number of amides is 2. The number of morpholine rings is 1. The molecule has 2 heterocycles. The summed E-state index contributed by atoms with van der Waals surface area (Å²) in [5.74, 6) is -0.430. The van der Waals surface area contributed by atoms with Crippen molar-refractivity contribution in [1.82, 2.24) is 4.90 Å². The topological polar surface area (TPSA) is 73.6 Å².